The van der Waals surface area contributed by atoms with E-state index in [2.05, 4.69) is 86.8 Å². The molecule has 0 aliphatic rings. The summed E-state index contributed by atoms with van der Waals surface area (Å²) in [6, 6.07) is -0.722. The largest absolute Gasteiger partial charge is 0.462 e. The van der Waals surface area contributed by atoms with Gasteiger partial charge in [0.1, 0.15) is 6.10 Å². The summed E-state index contributed by atoms with van der Waals surface area (Å²) in [4.78, 5) is 26.4. The van der Waals surface area contributed by atoms with Crippen LogP contribution < -0.4 is 5.32 Å². The van der Waals surface area contributed by atoms with Crippen molar-refractivity contribution in [3.8, 4) is 0 Å². The molecular weight excluding hydrogens is 887 g/mol. The number of hydrogen-bond donors (Lipinski definition) is 3. The first-order valence-electron chi connectivity index (χ1n) is 31.5. The minimum Gasteiger partial charge on any atom is -0.462 e. The van der Waals surface area contributed by atoms with Crippen molar-refractivity contribution in [3.05, 3.63) is 60.8 Å². The van der Waals surface area contributed by atoms with E-state index in [1.54, 1.807) is 0 Å². The van der Waals surface area contributed by atoms with Crippen molar-refractivity contribution >= 4 is 11.9 Å². The van der Waals surface area contributed by atoms with Crippen LogP contribution >= 0.6 is 0 Å². The van der Waals surface area contributed by atoms with Gasteiger partial charge in [-0.05, 0) is 64.2 Å². The molecule has 0 heterocycles. The predicted octanol–water partition coefficient (Wildman–Crippen LogP) is 19.9. The molecule has 0 fully saturated rings. The molecule has 0 saturated carbocycles. The smallest absolute Gasteiger partial charge is 0.306 e. The van der Waals surface area contributed by atoms with Crippen molar-refractivity contribution in [2.75, 3.05) is 6.61 Å². The molecule has 420 valence electrons. The molecule has 3 atom stereocenters. The Balaban J connectivity index is 4.58. The van der Waals surface area contributed by atoms with Crippen LogP contribution in [0.4, 0.5) is 0 Å². The summed E-state index contributed by atoms with van der Waals surface area (Å²) in [5.74, 6) is -0.515. The molecule has 0 bridgehead atoms. The average molecular weight is 1010 g/mol. The maximum atomic E-state index is 13.3. The summed E-state index contributed by atoms with van der Waals surface area (Å²) in [5, 5.41) is 24.0. The van der Waals surface area contributed by atoms with Crippen molar-refractivity contribution in [1.82, 2.24) is 5.32 Å². The Hall–Kier alpha value is -2.44. The molecule has 0 radical (unpaired) electrons. The Morgan fingerprint density at radius 1 is 0.417 bits per heavy atom. The van der Waals surface area contributed by atoms with Crippen LogP contribution in [0.3, 0.4) is 0 Å². The van der Waals surface area contributed by atoms with Crippen molar-refractivity contribution in [1.29, 1.82) is 0 Å². The minimum absolute atomic E-state index is 0.0406. The molecule has 1 amide bonds. The Morgan fingerprint density at radius 2 is 0.750 bits per heavy atom. The Morgan fingerprint density at radius 3 is 1.11 bits per heavy atom. The first kappa shape index (κ1) is 69.6. The molecular formula is C66H121NO5. The van der Waals surface area contributed by atoms with Crippen LogP contribution in [0, 0.1) is 0 Å². The van der Waals surface area contributed by atoms with E-state index in [0.29, 0.717) is 19.3 Å². The quantitative estimate of drug-likeness (QED) is 0.0320. The van der Waals surface area contributed by atoms with E-state index < -0.39 is 18.2 Å². The summed E-state index contributed by atoms with van der Waals surface area (Å²) in [6.07, 6.45) is 75.9. The second kappa shape index (κ2) is 59.4. The van der Waals surface area contributed by atoms with Gasteiger partial charge in [-0.15, -0.1) is 0 Å². The number of hydrogen-bond acceptors (Lipinski definition) is 5. The summed E-state index contributed by atoms with van der Waals surface area (Å²) in [7, 11) is 0. The lowest BCUT2D eigenvalue weighted by Crippen LogP contribution is -2.46. The molecule has 0 saturated heterocycles. The van der Waals surface area contributed by atoms with Crippen LogP contribution in [0.5, 0.6) is 0 Å². The zero-order valence-corrected chi connectivity index (χ0v) is 48.1. The third-order valence-electron chi connectivity index (χ3n) is 14.4. The number of aliphatic hydroxyl groups excluding tert-OH is 2. The molecule has 6 heteroatoms. The highest BCUT2D eigenvalue weighted by Crippen LogP contribution is 2.19. The van der Waals surface area contributed by atoms with Crippen LogP contribution in [0.2, 0.25) is 0 Å². The number of unbranched alkanes of at least 4 members (excludes halogenated alkanes) is 35. The molecule has 0 spiro atoms. The van der Waals surface area contributed by atoms with E-state index in [1.807, 2.05) is 0 Å². The SMILES string of the molecule is CC/C=C\C/C=C\C/C=C\C/C=C\C/C=C\CCCC(CC(=O)NC(CO)C(O)CCCCCCCCCCCCCCCCCCC)OC(=O)CCCCCCCCCCCCCCCCCCCCC. The van der Waals surface area contributed by atoms with Gasteiger partial charge in [-0.2, -0.15) is 0 Å². The normalized spacial score (nSPS) is 13.5. The standard InChI is InChI=1S/C66H121NO5/c1-4-7-10-13-16-19-22-25-28-31-32-35-38-41-44-47-50-53-56-59-66(71)72-62(57-54-51-48-45-42-39-36-33-29-26-23-20-17-14-11-8-5-2)60-65(70)67-63(61-68)64(69)58-55-52-49-46-43-40-37-34-30-27-24-21-18-15-12-9-6-3/h8,11,17,20,26,29,36,39,45,48,62-64,68-69H,4-7,9-10,12-16,18-19,21-25,27-28,30-35,37-38,40-44,46-47,49-61H2,1-3H3,(H,67,70)/b11-8-,20-17-,29-26-,39-36-,48-45-. The fourth-order valence-electron chi connectivity index (χ4n) is 9.64. The Labute approximate surface area is 448 Å². The highest BCUT2D eigenvalue weighted by Gasteiger charge is 2.24. The molecule has 72 heavy (non-hydrogen) atoms. The minimum atomic E-state index is -0.805. The zero-order valence-electron chi connectivity index (χ0n) is 48.1. The lowest BCUT2D eigenvalue weighted by Gasteiger charge is -2.24. The van der Waals surface area contributed by atoms with E-state index in [4.69, 9.17) is 4.74 Å². The fraction of sp³-hybridized carbons (Fsp3) is 0.818. The van der Waals surface area contributed by atoms with Gasteiger partial charge in [-0.1, -0.05) is 306 Å². The van der Waals surface area contributed by atoms with E-state index in [-0.39, 0.29) is 24.9 Å². The van der Waals surface area contributed by atoms with Gasteiger partial charge in [0, 0.05) is 6.42 Å². The van der Waals surface area contributed by atoms with E-state index in [0.717, 1.165) is 83.5 Å². The summed E-state index contributed by atoms with van der Waals surface area (Å²) >= 11 is 0. The van der Waals surface area contributed by atoms with Crippen molar-refractivity contribution in [2.24, 2.45) is 0 Å². The number of nitrogens with one attached hydrogen (secondary N) is 1. The summed E-state index contributed by atoms with van der Waals surface area (Å²) < 4.78 is 5.96. The van der Waals surface area contributed by atoms with E-state index in [1.165, 1.54) is 193 Å². The number of allylic oxidation sites excluding steroid dienone is 10. The van der Waals surface area contributed by atoms with Gasteiger partial charge < -0.3 is 20.3 Å². The fourth-order valence-corrected chi connectivity index (χ4v) is 9.64. The molecule has 3 N–H and O–H groups in total. The molecule has 0 aliphatic carbocycles. The molecule has 6 nitrogen and oxygen atoms in total. The number of carbonyl (C=O) groups is 2. The average Bonchev–Trinajstić information content (AvgIpc) is 3.37. The molecule has 0 aromatic heterocycles. The van der Waals surface area contributed by atoms with E-state index in [9.17, 15) is 19.8 Å². The lowest BCUT2D eigenvalue weighted by atomic mass is 10.0. The van der Waals surface area contributed by atoms with Crippen molar-refractivity contribution < 1.29 is 24.5 Å². The molecule has 0 aliphatic heterocycles. The third kappa shape index (κ3) is 53.8. The topological polar surface area (TPSA) is 95.9 Å². The Kier molecular flexibility index (Phi) is 57.4. The highest BCUT2D eigenvalue weighted by atomic mass is 16.5. The third-order valence-corrected chi connectivity index (χ3v) is 14.4. The van der Waals surface area contributed by atoms with Crippen molar-refractivity contribution in [2.45, 2.75) is 341 Å². The first-order chi connectivity index (χ1) is 35.5. The maximum absolute atomic E-state index is 13.3. The zero-order chi connectivity index (χ0) is 52.3. The van der Waals surface area contributed by atoms with Crippen LogP contribution in [0.25, 0.3) is 0 Å². The molecule has 0 rings (SSSR count). The van der Waals surface area contributed by atoms with Gasteiger partial charge in [0.2, 0.25) is 5.91 Å². The van der Waals surface area contributed by atoms with Gasteiger partial charge in [-0.3, -0.25) is 9.59 Å². The second-order valence-corrected chi connectivity index (χ2v) is 21.4. The van der Waals surface area contributed by atoms with Crippen LogP contribution in [0.1, 0.15) is 323 Å². The summed E-state index contributed by atoms with van der Waals surface area (Å²) in [6.45, 7) is 6.40. The van der Waals surface area contributed by atoms with Gasteiger partial charge in [0.05, 0.1) is 25.2 Å². The highest BCUT2D eigenvalue weighted by molar-refractivity contribution is 5.77. The Bertz CT molecular complexity index is 1270. The van der Waals surface area contributed by atoms with E-state index >= 15 is 0 Å². The molecule has 0 aromatic rings. The van der Waals surface area contributed by atoms with Gasteiger partial charge >= 0.3 is 5.97 Å². The first-order valence-corrected chi connectivity index (χ1v) is 31.5. The number of ether oxygens (including phenoxy) is 1. The van der Waals surface area contributed by atoms with Crippen LogP contribution in [0.15, 0.2) is 60.8 Å². The second-order valence-electron chi connectivity index (χ2n) is 21.4. The lowest BCUT2D eigenvalue weighted by molar-refractivity contribution is -0.151. The van der Waals surface area contributed by atoms with Gasteiger partial charge in [0.25, 0.3) is 0 Å². The predicted molar refractivity (Wildman–Crippen MR) is 315 cm³/mol. The molecule has 0 aromatic carbocycles. The van der Waals surface area contributed by atoms with Crippen molar-refractivity contribution in [3.63, 3.8) is 0 Å². The summed E-state index contributed by atoms with van der Waals surface area (Å²) in [5.41, 5.74) is 0. The van der Waals surface area contributed by atoms with Crippen LogP contribution in [-0.2, 0) is 14.3 Å². The molecule has 3 unspecified atom stereocenters. The number of rotatable bonds is 57. The number of carbonyl (C=O) groups excluding carboxylic acids is 2. The van der Waals surface area contributed by atoms with Crippen LogP contribution in [-0.4, -0.2) is 46.9 Å². The number of esters is 1. The maximum Gasteiger partial charge on any atom is 0.306 e. The monoisotopic (exact) mass is 1010 g/mol. The van der Waals surface area contributed by atoms with Gasteiger partial charge in [0.15, 0.2) is 0 Å². The number of amides is 1. The number of aliphatic hydroxyl groups is 2. The van der Waals surface area contributed by atoms with Gasteiger partial charge in [-0.25, -0.2) is 0 Å².